The highest BCUT2D eigenvalue weighted by Gasteiger charge is 2.20. The summed E-state index contributed by atoms with van der Waals surface area (Å²) in [5.41, 5.74) is 8.01. The summed E-state index contributed by atoms with van der Waals surface area (Å²) in [5.74, 6) is 1.05. The minimum Gasteiger partial charge on any atom is -0.387 e. The molecule has 0 atom stereocenters. The molecular weight excluding hydrogens is 536 g/mol. The third kappa shape index (κ3) is 5.98. The number of aromatic nitrogens is 2. The van der Waals surface area contributed by atoms with Gasteiger partial charge in [0.15, 0.2) is 0 Å². The van der Waals surface area contributed by atoms with Gasteiger partial charge in [-0.15, -0.1) is 11.3 Å². The van der Waals surface area contributed by atoms with Gasteiger partial charge in [0.1, 0.15) is 10.0 Å². The second kappa shape index (κ2) is 10.7. The number of hydrogen-bond donors (Lipinski definition) is 3. The molecule has 10 nitrogen and oxygen atoms in total. The number of aliphatic imine (C=N–C) groups is 1. The Morgan fingerprint density at radius 2 is 1.89 bits per heavy atom. The summed E-state index contributed by atoms with van der Waals surface area (Å²) in [6.45, 7) is 1.73. The lowest BCUT2D eigenvalue weighted by molar-refractivity contribution is 0.256. The molecule has 0 fully saturated rings. The van der Waals surface area contributed by atoms with E-state index < -0.39 is 16.1 Å². The van der Waals surface area contributed by atoms with E-state index in [-0.39, 0.29) is 14.1 Å². The number of anilines is 1. The fourth-order valence-electron chi connectivity index (χ4n) is 3.65. The topological polar surface area (TPSA) is 149 Å². The van der Waals surface area contributed by atoms with Crippen LogP contribution in [0.5, 0.6) is 0 Å². The van der Waals surface area contributed by atoms with Crippen LogP contribution in [0, 0.1) is 6.92 Å². The summed E-state index contributed by atoms with van der Waals surface area (Å²) in [6, 6.07) is 13.7. The van der Waals surface area contributed by atoms with Crippen molar-refractivity contribution in [3.8, 4) is 5.69 Å². The lowest BCUT2D eigenvalue weighted by atomic mass is 10.1. The van der Waals surface area contributed by atoms with Crippen LogP contribution >= 0.6 is 22.9 Å². The molecule has 4 N–H and O–H groups in total. The molecule has 0 bridgehead atoms. The Balaban J connectivity index is 1.52. The highest BCUT2D eigenvalue weighted by atomic mass is 35.5. The predicted molar refractivity (Wildman–Crippen MR) is 147 cm³/mol. The van der Waals surface area contributed by atoms with E-state index in [0.717, 1.165) is 16.9 Å². The zero-order valence-electron chi connectivity index (χ0n) is 19.9. The van der Waals surface area contributed by atoms with E-state index in [1.165, 1.54) is 16.7 Å². The largest absolute Gasteiger partial charge is 0.387 e. The van der Waals surface area contributed by atoms with Crippen molar-refractivity contribution >= 4 is 61.4 Å². The number of hydrogen-bond acceptors (Lipinski definition) is 7. The maximum absolute atomic E-state index is 13.3. The van der Waals surface area contributed by atoms with Gasteiger partial charge in [-0.05, 0) is 67.4 Å². The van der Waals surface area contributed by atoms with E-state index in [4.69, 9.17) is 17.3 Å². The quantitative estimate of drug-likeness (QED) is 0.232. The number of carbonyl (C=O) groups excluding carboxylic acids is 1. The van der Waals surface area contributed by atoms with E-state index >= 15 is 0 Å². The second-order valence-corrected chi connectivity index (χ2v) is 11.7. The third-order valence-electron chi connectivity index (χ3n) is 5.48. The number of nitrogens with zero attached hydrogens (tertiary/aromatic N) is 3. The molecule has 2 aromatic heterocycles. The van der Waals surface area contributed by atoms with Gasteiger partial charge in [0, 0.05) is 19.2 Å². The molecule has 0 aliphatic heterocycles. The van der Waals surface area contributed by atoms with Crippen molar-refractivity contribution in [2.75, 3.05) is 12.4 Å². The number of nitrogens with two attached hydrogens (primary N) is 1. The number of urea groups is 1. The second-order valence-electron chi connectivity index (χ2n) is 8.03. The highest BCUT2D eigenvalue weighted by Crippen LogP contribution is 2.25. The summed E-state index contributed by atoms with van der Waals surface area (Å²) in [7, 11) is -2.40. The van der Waals surface area contributed by atoms with Crippen LogP contribution in [-0.4, -0.2) is 36.9 Å². The van der Waals surface area contributed by atoms with Gasteiger partial charge < -0.3 is 11.1 Å². The fraction of sp³-hybridized carbons (Fsp3) is 0.167. The van der Waals surface area contributed by atoms with Crippen molar-refractivity contribution < 1.29 is 13.2 Å². The van der Waals surface area contributed by atoms with E-state index in [9.17, 15) is 18.0 Å². The highest BCUT2D eigenvalue weighted by molar-refractivity contribution is 7.92. The Morgan fingerprint density at radius 1 is 1.16 bits per heavy atom. The monoisotopic (exact) mass is 558 g/mol. The Kier molecular flexibility index (Phi) is 7.62. The predicted octanol–water partition coefficient (Wildman–Crippen LogP) is 3.84. The molecule has 0 radical (unpaired) electrons. The fourth-order valence-corrected chi connectivity index (χ4v) is 6.04. The zero-order valence-corrected chi connectivity index (χ0v) is 22.2. The van der Waals surface area contributed by atoms with Crippen molar-refractivity contribution in [1.29, 1.82) is 0 Å². The molecule has 13 heteroatoms. The standard InChI is InChI=1S/C24H23ClN6O4S2/c1-14-28-19-13-15(4-11-21(26)27-2)3-9-18(19)23(32)31(14)17-7-5-16(6-8-17)29-24(33)30-37(34,35)22-12-10-20(25)36-22/h3,5-10,12-13H,4,11H2,1-2H3,(H2,26,27)(H2,29,30,33). The molecule has 2 amide bonds. The molecule has 4 rings (SSSR count). The smallest absolute Gasteiger partial charge is 0.333 e. The Labute approximate surface area is 221 Å². The van der Waals surface area contributed by atoms with E-state index in [1.54, 1.807) is 44.3 Å². The van der Waals surface area contributed by atoms with Crippen LogP contribution in [0.1, 0.15) is 17.8 Å². The third-order valence-corrected chi connectivity index (χ3v) is 8.54. The first-order chi connectivity index (χ1) is 17.6. The molecule has 37 heavy (non-hydrogen) atoms. The van der Waals surface area contributed by atoms with Gasteiger partial charge in [-0.1, -0.05) is 17.7 Å². The van der Waals surface area contributed by atoms with Gasteiger partial charge in [-0.3, -0.25) is 14.4 Å². The number of aryl methyl sites for hydroxylation is 2. The zero-order chi connectivity index (χ0) is 26.7. The van der Waals surface area contributed by atoms with Gasteiger partial charge in [0.25, 0.3) is 15.6 Å². The summed E-state index contributed by atoms with van der Waals surface area (Å²) in [6.07, 6.45) is 1.30. The van der Waals surface area contributed by atoms with Crippen LogP contribution in [0.25, 0.3) is 16.6 Å². The number of benzene rings is 2. The number of amides is 2. The molecule has 0 aliphatic carbocycles. The maximum atomic E-state index is 13.3. The van der Waals surface area contributed by atoms with E-state index in [2.05, 4.69) is 15.3 Å². The maximum Gasteiger partial charge on any atom is 0.333 e. The van der Waals surface area contributed by atoms with Crippen LogP contribution in [0.15, 0.2) is 68.6 Å². The average molecular weight is 559 g/mol. The number of nitrogens with one attached hydrogen (secondary N) is 2. The SMILES string of the molecule is CN=C(N)CCc1ccc2c(=O)n(-c3ccc(NC(=O)NS(=O)(=O)c4ccc(Cl)s4)cc3)c(C)nc2c1. The summed E-state index contributed by atoms with van der Waals surface area (Å²) < 4.78 is 28.2. The number of carbonyl (C=O) groups is 1. The molecule has 0 saturated carbocycles. The van der Waals surface area contributed by atoms with Crippen LogP contribution in [-0.2, 0) is 16.4 Å². The van der Waals surface area contributed by atoms with Crippen LogP contribution < -0.4 is 21.3 Å². The summed E-state index contributed by atoms with van der Waals surface area (Å²) >= 11 is 6.61. The summed E-state index contributed by atoms with van der Waals surface area (Å²) in [4.78, 5) is 34.1. The van der Waals surface area contributed by atoms with Crippen molar-refractivity contribution in [2.24, 2.45) is 10.7 Å². The molecule has 2 aromatic carbocycles. The van der Waals surface area contributed by atoms with Gasteiger partial charge in [-0.25, -0.2) is 22.9 Å². The lowest BCUT2D eigenvalue weighted by Crippen LogP contribution is -2.33. The number of amidine groups is 1. The number of rotatable bonds is 7. The number of fused-ring (bicyclic) bond motifs is 1. The summed E-state index contributed by atoms with van der Waals surface area (Å²) in [5, 5.41) is 2.93. The first-order valence-corrected chi connectivity index (χ1v) is 13.7. The number of thiophene rings is 1. The Morgan fingerprint density at radius 3 is 2.54 bits per heavy atom. The first-order valence-electron chi connectivity index (χ1n) is 11.0. The number of halogens is 1. The molecule has 0 saturated heterocycles. The van der Waals surface area contributed by atoms with Crippen molar-refractivity contribution in [3.63, 3.8) is 0 Å². The van der Waals surface area contributed by atoms with Crippen LogP contribution in [0.2, 0.25) is 4.34 Å². The normalized spacial score (nSPS) is 12.0. The Hall–Kier alpha value is -3.74. The minimum absolute atomic E-state index is 0.0762. The van der Waals surface area contributed by atoms with Crippen molar-refractivity contribution in [1.82, 2.24) is 14.3 Å². The van der Waals surface area contributed by atoms with Crippen molar-refractivity contribution in [2.45, 2.75) is 24.0 Å². The van der Waals surface area contributed by atoms with Gasteiger partial charge in [0.2, 0.25) is 0 Å². The first kappa shape index (κ1) is 26.3. The van der Waals surface area contributed by atoms with Crippen LogP contribution in [0.3, 0.4) is 0 Å². The lowest BCUT2D eigenvalue weighted by Gasteiger charge is -2.13. The average Bonchev–Trinajstić information content (AvgIpc) is 3.30. The molecule has 2 heterocycles. The van der Waals surface area contributed by atoms with E-state index in [1.807, 2.05) is 16.9 Å². The molecular formula is C24H23ClN6O4S2. The minimum atomic E-state index is -4.05. The molecule has 0 unspecified atom stereocenters. The molecule has 4 aromatic rings. The van der Waals surface area contributed by atoms with Crippen molar-refractivity contribution in [3.05, 3.63) is 80.7 Å². The van der Waals surface area contributed by atoms with Gasteiger partial charge in [0.05, 0.1) is 26.8 Å². The van der Waals surface area contributed by atoms with E-state index in [0.29, 0.717) is 46.8 Å². The van der Waals surface area contributed by atoms with Crippen LogP contribution in [0.4, 0.5) is 10.5 Å². The van der Waals surface area contributed by atoms with Gasteiger partial charge in [-0.2, -0.15) is 0 Å². The van der Waals surface area contributed by atoms with Gasteiger partial charge >= 0.3 is 6.03 Å². The molecule has 0 spiro atoms. The molecule has 192 valence electrons. The molecule has 0 aliphatic rings. The number of sulfonamides is 1. The Bertz CT molecular complexity index is 1680.